The summed E-state index contributed by atoms with van der Waals surface area (Å²) in [6.07, 6.45) is 1.14. The molecule has 0 radical (unpaired) electrons. The van der Waals surface area contributed by atoms with E-state index in [1.54, 1.807) is 6.07 Å². The van der Waals surface area contributed by atoms with Gasteiger partial charge in [0.25, 0.3) is 0 Å². The number of benzene rings is 1. The minimum Gasteiger partial charge on any atom is -0.210 e. The first-order chi connectivity index (χ1) is 7.65. The van der Waals surface area contributed by atoms with Crippen molar-refractivity contribution in [1.82, 2.24) is 0 Å². The van der Waals surface area contributed by atoms with Crippen LogP contribution in [-0.4, -0.2) is 6.43 Å². The maximum Gasteiger partial charge on any atom is 0.248 e. The van der Waals surface area contributed by atoms with Gasteiger partial charge in [-0.15, -0.1) is 0 Å². The predicted octanol–water partition coefficient (Wildman–Crippen LogP) is 4.29. The molecule has 1 saturated carbocycles. The number of halogens is 3. The molecule has 0 atom stereocenters. The molecule has 0 spiro atoms. The quantitative estimate of drug-likeness (QED) is 0.708. The minimum atomic E-state index is -2.41. The summed E-state index contributed by atoms with van der Waals surface area (Å²) in [7, 11) is 0. The lowest BCUT2D eigenvalue weighted by Gasteiger charge is -2.37. The van der Waals surface area contributed by atoms with Gasteiger partial charge in [-0.3, -0.25) is 0 Å². The summed E-state index contributed by atoms with van der Waals surface area (Å²) in [6.45, 7) is 0. The van der Waals surface area contributed by atoms with E-state index >= 15 is 0 Å². The van der Waals surface area contributed by atoms with Gasteiger partial charge in [-0.05, 0) is 30.5 Å². The fraction of sp³-hybridized carbons (Fsp3) is 0.538. The smallest absolute Gasteiger partial charge is 0.210 e. The van der Waals surface area contributed by atoms with Gasteiger partial charge in [0.05, 0.1) is 5.41 Å². The van der Waals surface area contributed by atoms with Crippen LogP contribution in [-0.2, 0) is 5.41 Å². The van der Waals surface area contributed by atoms with Gasteiger partial charge >= 0.3 is 0 Å². The summed E-state index contributed by atoms with van der Waals surface area (Å²) in [5.74, 6) is -0.428. The third kappa shape index (κ3) is 1.95. The summed E-state index contributed by atoms with van der Waals surface area (Å²) in [5, 5.41) is 0. The van der Waals surface area contributed by atoms with Gasteiger partial charge < -0.3 is 0 Å². The van der Waals surface area contributed by atoms with Crippen LogP contribution in [0, 0.1) is 5.82 Å². The zero-order valence-corrected chi connectivity index (χ0v) is 9.06. The average Bonchev–Trinajstić information content (AvgIpc) is 2.30. The Morgan fingerprint density at radius 2 is 1.75 bits per heavy atom. The highest BCUT2D eigenvalue weighted by molar-refractivity contribution is 5.27. The van der Waals surface area contributed by atoms with Crippen LogP contribution in [0.5, 0.6) is 0 Å². The van der Waals surface area contributed by atoms with Crippen LogP contribution >= 0.6 is 0 Å². The highest BCUT2D eigenvalue weighted by Gasteiger charge is 2.42. The van der Waals surface area contributed by atoms with Gasteiger partial charge in [0.1, 0.15) is 5.82 Å². The molecule has 1 aromatic carbocycles. The van der Waals surface area contributed by atoms with Crippen molar-refractivity contribution in [1.29, 1.82) is 0 Å². The zero-order chi connectivity index (χ0) is 11.6. The lowest BCUT2D eigenvalue weighted by atomic mass is 9.69. The molecule has 0 nitrogen and oxygen atoms in total. The summed E-state index contributed by atoms with van der Waals surface area (Å²) in [6, 6.07) is 5.70. The second kappa shape index (κ2) is 4.48. The summed E-state index contributed by atoms with van der Waals surface area (Å²) in [4.78, 5) is 0. The number of hydrogen-bond donors (Lipinski definition) is 0. The standard InChI is InChI=1S/C13H15F3/c14-11-6-4-5-10(9-11)13(12(15)16)7-2-1-3-8-13/h4-6,9,12H,1-3,7-8H2. The molecule has 0 amide bonds. The van der Waals surface area contributed by atoms with Gasteiger partial charge in [0.2, 0.25) is 6.43 Å². The Labute approximate surface area is 93.5 Å². The van der Waals surface area contributed by atoms with Crippen molar-refractivity contribution in [3.8, 4) is 0 Å². The Morgan fingerprint density at radius 3 is 2.31 bits per heavy atom. The van der Waals surface area contributed by atoms with Gasteiger partial charge in [0, 0.05) is 0 Å². The fourth-order valence-corrected chi connectivity index (χ4v) is 2.61. The molecule has 1 fully saturated rings. The Balaban J connectivity index is 2.38. The van der Waals surface area contributed by atoms with Crippen LogP contribution in [0.2, 0.25) is 0 Å². The second-order valence-electron chi connectivity index (χ2n) is 4.53. The SMILES string of the molecule is Fc1cccc(C2(C(F)F)CCCCC2)c1. The van der Waals surface area contributed by atoms with E-state index in [4.69, 9.17) is 0 Å². The molecule has 1 aromatic rings. The maximum absolute atomic E-state index is 13.3. The topological polar surface area (TPSA) is 0 Å². The molecule has 1 aliphatic rings. The predicted molar refractivity (Wildman–Crippen MR) is 57.2 cm³/mol. The Bertz CT molecular complexity index is 354. The molecule has 0 aliphatic heterocycles. The van der Waals surface area contributed by atoms with Crippen molar-refractivity contribution >= 4 is 0 Å². The third-order valence-corrected chi connectivity index (χ3v) is 3.56. The molecule has 1 aliphatic carbocycles. The van der Waals surface area contributed by atoms with Gasteiger partial charge in [-0.2, -0.15) is 0 Å². The number of hydrogen-bond acceptors (Lipinski definition) is 0. The van der Waals surface area contributed by atoms with Crippen molar-refractivity contribution in [2.75, 3.05) is 0 Å². The van der Waals surface area contributed by atoms with E-state index in [2.05, 4.69) is 0 Å². The van der Waals surface area contributed by atoms with Crippen LogP contribution in [0.1, 0.15) is 37.7 Å². The molecule has 0 saturated heterocycles. The van der Waals surface area contributed by atoms with Gasteiger partial charge in [-0.1, -0.05) is 31.4 Å². The Kier molecular flexibility index (Phi) is 3.22. The van der Waals surface area contributed by atoms with E-state index in [-0.39, 0.29) is 0 Å². The van der Waals surface area contributed by atoms with Crippen molar-refractivity contribution in [2.24, 2.45) is 0 Å². The van der Waals surface area contributed by atoms with Crippen molar-refractivity contribution in [2.45, 2.75) is 43.9 Å². The summed E-state index contributed by atoms with van der Waals surface area (Å²) in [5.41, 5.74) is -0.650. The van der Waals surface area contributed by atoms with Crippen molar-refractivity contribution in [3.05, 3.63) is 35.6 Å². The molecule has 0 N–H and O–H groups in total. The zero-order valence-electron chi connectivity index (χ0n) is 9.06. The molecular weight excluding hydrogens is 213 g/mol. The molecule has 0 bridgehead atoms. The van der Waals surface area contributed by atoms with E-state index in [0.29, 0.717) is 18.4 Å². The Morgan fingerprint density at radius 1 is 1.06 bits per heavy atom. The van der Waals surface area contributed by atoms with E-state index in [0.717, 1.165) is 19.3 Å². The van der Waals surface area contributed by atoms with Crippen LogP contribution in [0.3, 0.4) is 0 Å². The molecule has 0 heterocycles. The first kappa shape index (κ1) is 11.5. The third-order valence-electron chi connectivity index (χ3n) is 3.56. The van der Waals surface area contributed by atoms with Crippen LogP contribution in [0.15, 0.2) is 24.3 Å². The number of rotatable bonds is 2. The van der Waals surface area contributed by atoms with E-state index in [1.165, 1.54) is 18.2 Å². The highest BCUT2D eigenvalue weighted by Crippen LogP contribution is 2.44. The Hall–Kier alpha value is -0.990. The maximum atomic E-state index is 13.3. The van der Waals surface area contributed by atoms with E-state index in [9.17, 15) is 13.2 Å². The lowest BCUT2D eigenvalue weighted by Crippen LogP contribution is -2.36. The lowest BCUT2D eigenvalue weighted by molar-refractivity contribution is 0.0253. The molecule has 2 rings (SSSR count). The first-order valence-corrected chi connectivity index (χ1v) is 5.69. The first-order valence-electron chi connectivity index (χ1n) is 5.69. The molecule has 16 heavy (non-hydrogen) atoms. The van der Waals surface area contributed by atoms with E-state index in [1.807, 2.05) is 0 Å². The van der Waals surface area contributed by atoms with Crippen LogP contribution in [0.25, 0.3) is 0 Å². The molecule has 88 valence electrons. The molecule has 0 aromatic heterocycles. The van der Waals surface area contributed by atoms with Gasteiger partial charge in [0.15, 0.2) is 0 Å². The van der Waals surface area contributed by atoms with Crippen molar-refractivity contribution in [3.63, 3.8) is 0 Å². The van der Waals surface area contributed by atoms with Crippen LogP contribution in [0.4, 0.5) is 13.2 Å². The van der Waals surface area contributed by atoms with Crippen LogP contribution < -0.4 is 0 Å². The molecule has 0 unspecified atom stereocenters. The highest BCUT2D eigenvalue weighted by atomic mass is 19.3. The fourth-order valence-electron chi connectivity index (χ4n) is 2.61. The summed E-state index contributed by atoms with van der Waals surface area (Å²) < 4.78 is 39.7. The molecule has 3 heteroatoms. The monoisotopic (exact) mass is 228 g/mol. The van der Waals surface area contributed by atoms with Gasteiger partial charge in [-0.25, -0.2) is 13.2 Å². The largest absolute Gasteiger partial charge is 0.248 e. The molecular formula is C13H15F3. The number of alkyl halides is 2. The summed E-state index contributed by atoms with van der Waals surface area (Å²) >= 11 is 0. The second-order valence-corrected chi connectivity index (χ2v) is 4.53. The minimum absolute atomic E-state index is 0.428. The van der Waals surface area contributed by atoms with E-state index < -0.39 is 17.7 Å². The van der Waals surface area contributed by atoms with Crippen molar-refractivity contribution < 1.29 is 13.2 Å². The average molecular weight is 228 g/mol. The normalized spacial score (nSPS) is 20.0.